The minimum absolute atomic E-state index is 0.254. The van der Waals surface area contributed by atoms with Crippen LogP contribution in [-0.2, 0) is 0 Å². The zero-order valence-electron chi connectivity index (χ0n) is 13.2. The van der Waals surface area contributed by atoms with Crippen molar-refractivity contribution in [1.82, 2.24) is 19.8 Å². The lowest BCUT2D eigenvalue weighted by Crippen LogP contribution is -1.93. The molecule has 0 fully saturated rings. The highest BCUT2D eigenvalue weighted by atomic mass is 32.1. The largest absolute Gasteiger partial charge is 0.497 e. The maximum absolute atomic E-state index is 5.44. The topological polar surface area (TPSA) is 70.8 Å². The first-order valence-electron chi connectivity index (χ1n) is 7.58. The van der Waals surface area contributed by atoms with E-state index >= 15 is 0 Å². The Balaban J connectivity index is 1.60. The fraction of sp³-hybridized carbons (Fsp3) is 0.118. The van der Waals surface area contributed by atoms with Gasteiger partial charge in [-0.25, -0.2) is 0 Å². The Morgan fingerprint density at radius 1 is 1.04 bits per heavy atom. The third-order valence-corrected chi connectivity index (χ3v) is 4.89. The van der Waals surface area contributed by atoms with E-state index in [2.05, 4.69) is 15.3 Å². The Hall–Kier alpha value is -3.13. The van der Waals surface area contributed by atoms with Crippen molar-refractivity contribution < 1.29 is 14.2 Å². The zero-order valence-corrected chi connectivity index (χ0v) is 14.0. The zero-order chi connectivity index (χ0) is 16.8. The third-order valence-electron chi connectivity index (χ3n) is 3.94. The average Bonchev–Trinajstić information content (AvgIpc) is 3.35. The van der Waals surface area contributed by atoms with Crippen molar-refractivity contribution in [2.45, 2.75) is 0 Å². The van der Waals surface area contributed by atoms with Crippen LogP contribution in [0.3, 0.4) is 0 Å². The molecule has 7 nitrogen and oxygen atoms in total. The van der Waals surface area contributed by atoms with Gasteiger partial charge in [0.25, 0.3) is 0 Å². The number of nitrogens with zero attached hydrogens (tertiary/aromatic N) is 4. The van der Waals surface area contributed by atoms with Crippen LogP contribution in [0.15, 0.2) is 42.5 Å². The number of ether oxygens (including phenoxy) is 3. The van der Waals surface area contributed by atoms with Gasteiger partial charge in [-0.3, -0.25) is 0 Å². The summed E-state index contributed by atoms with van der Waals surface area (Å²) in [6.07, 6.45) is 0. The summed E-state index contributed by atoms with van der Waals surface area (Å²) < 4.78 is 17.8. The molecule has 0 saturated carbocycles. The summed E-state index contributed by atoms with van der Waals surface area (Å²) in [5.74, 6) is 2.93. The Morgan fingerprint density at radius 2 is 1.96 bits per heavy atom. The molecule has 0 amide bonds. The highest BCUT2D eigenvalue weighted by Crippen LogP contribution is 2.37. The number of fused-ring (bicyclic) bond motifs is 2. The molecule has 2 aromatic carbocycles. The van der Waals surface area contributed by atoms with E-state index < -0.39 is 0 Å². The van der Waals surface area contributed by atoms with Crippen molar-refractivity contribution in [1.29, 1.82) is 0 Å². The van der Waals surface area contributed by atoms with Crippen molar-refractivity contribution in [2.75, 3.05) is 13.9 Å². The molecule has 0 saturated heterocycles. The lowest BCUT2D eigenvalue weighted by molar-refractivity contribution is 0.174. The highest BCUT2D eigenvalue weighted by Gasteiger charge is 2.18. The second kappa shape index (κ2) is 5.45. The Bertz CT molecular complexity index is 1090. The summed E-state index contributed by atoms with van der Waals surface area (Å²) in [4.78, 5) is 0.727. The third kappa shape index (κ3) is 2.30. The van der Waals surface area contributed by atoms with E-state index in [1.54, 1.807) is 11.6 Å². The van der Waals surface area contributed by atoms with Crippen LogP contribution in [0.2, 0.25) is 0 Å². The fourth-order valence-electron chi connectivity index (χ4n) is 2.71. The molecule has 0 N–H and O–H groups in total. The normalized spacial score (nSPS) is 12.7. The van der Waals surface area contributed by atoms with Gasteiger partial charge in [-0.1, -0.05) is 23.5 Å². The number of methoxy groups -OCH3 is 1. The molecule has 0 bridgehead atoms. The molecule has 0 atom stereocenters. The van der Waals surface area contributed by atoms with Crippen LogP contribution in [0.5, 0.6) is 17.2 Å². The molecule has 0 aliphatic carbocycles. The van der Waals surface area contributed by atoms with E-state index in [1.165, 1.54) is 11.3 Å². The monoisotopic (exact) mass is 352 g/mol. The Morgan fingerprint density at radius 3 is 2.88 bits per heavy atom. The van der Waals surface area contributed by atoms with Gasteiger partial charge < -0.3 is 14.2 Å². The van der Waals surface area contributed by atoms with E-state index in [1.807, 2.05) is 42.5 Å². The molecule has 25 heavy (non-hydrogen) atoms. The summed E-state index contributed by atoms with van der Waals surface area (Å²) in [7, 11) is 1.64. The predicted octanol–water partition coefficient (Wildman–Crippen LogP) is 3.26. The van der Waals surface area contributed by atoms with E-state index in [-0.39, 0.29) is 6.79 Å². The van der Waals surface area contributed by atoms with Crippen LogP contribution in [0.25, 0.3) is 26.9 Å². The summed E-state index contributed by atoms with van der Waals surface area (Å²) >= 11 is 1.47. The average molecular weight is 352 g/mol. The van der Waals surface area contributed by atoms with Crippen LogP contribution >= 0.6 is 11.3 Å². The number of rotatable bonds is 3. The van der Waals surface area contributed by atoms with Gasteiger partial charge in [0.15, 0.2) is 17.3 Å². The molecule has 8 heteroatoms. The molecule has 0 unspecified atom stereocenters. The summed E-state index contributed by atoms with van der Waals surface area (Å²) in [6.45, 7) is 0.254. The van der Waals surface area contributed by atoms with E-state index in [9.17, 15) is 0 Å². The maximum Gasteiger partial charge on any atom is 0.235 e. The van der Waals surface area contributed by atoms with Gasteiger partial charge in [-0.15, -0.1) is 10.2 Å². The molecule has 1 aliphatic heterocycles. The predicted molar refractivity (Wildman–Crippen MR) is 92.2 cm³/mol. The first kappa shape index (κ1) is 14.2. The van der Waals surface area contributed by atoms with Gasteiger partial charge in [0.1, 0.15) is 10.8 Å². The number of hydrogen-bond donors (Lipinski definition) is 0. The molecule has 4 aromatic rings. The number of aromatic nitrogens is 4. The molecule has 124 valence electrons. The fourth-order valence-corrected chi connectivity index (χ4v) is 3.54. The van der Waals surface area contributed by atoms with Crippen LogP contribution in [0.1, 0.15) is 0 Å². The standard InChI is InChI=1S/C17H12N4O3S/c1-22-12-4-2-3-10(7-12)15-18-19-17-21(15)20-16(25-17)11-5-6-13-14(8-11)24-9-23-13/h2-8H,9H2,1H3. The van der Waals surface area contributed by atoms with Crippen LogP contribution in [0.4, 0.5) is 0 Å². The van der Waals surface area contributed by atoms with Crippen LogP contribution < -0.4 is 14.2 Å². The SMILES string of the molecule is COc1cccc(-c2nnc3sc(-c4ccc5c(c4)OCO5)nn23)c1. The quantitative estimate of drug-likeness (QED) is 0.564. The van der Waals surface area contributed by atoms with Gasteiger partial charge in [0.2, 0.25) is 11.8 Å². The van der Waals surface area contributed by atoms with Crippen molar-refractivity contribution >= 4 is 16.3 Å². The molecule has 3 heterocycles. The summed E-state index contributed by atoms with van der Waals surface area (Å²) in [5.41, 5.74) is 1.85. The Kier molecular flexibility index (Phi) is 3.10. The van der Waals surface area contributed by atoms with Crippen molar-refractivity contribution in [2.24, 2.45) is 0 Å². The first-order valence-corrected chi connectivity index (χ1v) is 8.40. The van der Waals surface area contributed by atoms with Gasteiger partial charge in [0.05, 0.1) is 7.11 Å². The molecule has 2 aromatic heterocycles. The van der Waals surface area contributed by atoms with Gasteiger partial charge in [0, 0.05) is 11.1 Å². The van der Waals surface area contributed by atoms with Crippen LogP contribution in [0, 0.1) is 0 Å². The molecule has 0 radical (unpaired) electrons. The van der Waals surface area contributed by atoms with E-state index in [0.717, 1.165) is 38.3 Å². The number of hydrogen-bond acceptors (Lipinski definition) is 7. The first-order chi connectivity index (χ1) is 12.3. The van der Waals surface area contributed by atoms with Crippen molar-refractivity contribution in [3.63, 3.8) is 0 Å². The minimum atomic E-state index is 0.254. The minimum Gasteiger partial charge on any atom is -0.497 e. The molecular formula is C17H12N4O3S. The van der Waals surface area contributed by atoms with Crippen molar-refractivity contribution in [3.05, 3.63) is 42.5 Å². The smallest absolute Gasteiger partial charge is 0.235 e. The molecular weight excluding hydrogens is 340 g/mol. The van der Waals surface area contributed by atoms with Gasteiger partial charge in [-0.2, -0.15) is 9.61 Å². The molecule has 0 spiro atoms. The van der Waals surface area contributed by atoms with Gasteiger partial charge >= 0.3 is 0 Å². The summed E-state index contributed by atoms with van der Waals surface area (Å²) in [6, 6.07) is 13.5. The van der Waals surface area contributed by atoms with Gasteiger partial charge in [-0.05, 0) is 30.3 Å². The van der Waals surface area contributed by atoms with E-state index in [4.69, 9.17) is 14.2 Å². The lowest BCUT2D eigenvalue weighted by Gasteiger charge is -2.01. The molecule has 5 rings (SSSR count). The second-order valence-corrected chi connectivity index (χ2v) is 6.38. The van der Waals surface area contributed by atoms with Crippen LogP contribution in [-0.4, -0.2) is 33.7 Å². The summed E-state index contributed by atoms with van der Waals surface area (Å²) in [5, 5.41) is 14.0. The van der Waals surface area contributed by atoms with E-state index in [0.29, 0.717) is 5.82 Å². The second-order valence-electron chi connectivity index (χ2n) is 5.43. The highest BCUT2D eigenvalue weighted by molar-refractivity contribution is 7.19. The lowest BCUT2D eigenvalue weighted by atomic mass is 10.2. The number of benzene rings is 2. The maximum atomic E-state index is 5.44. The molecule has 1 aliphatic rings. The Labute approximate surface area is 146 Å². The van der Waals surface area contributed by atoms with Crippen molar-refractivity contribution in [3.8, 4) is 39.2 Å².